The van der Waals surface area contributed by atoms with Crippen LogP contribution < -0.4 is 5.73 Å². The standard InChI is InChI=1S/C7H9NO3/c1-3-6(9)11-4-5(2)7(8)10/h3-4H,1H2,2H3,(H2,8,10)/b5-4+. The third-order valence-corrected chi connectivity index (χ3v) is 0.907. The van der Waals surface area contributed by atoms with E-state index >= 15 is 0 Å². The van der Waals surface area contributed by atoms with Gasteiger partial charge in [0.2, 0.25) is 5.91 Å². The second kappa shape index (κ2) is 4.27. The van der Waals surface area contributed by atoms with E-state index in [1.165, 1.54) is 6.92 Å². The largest absolute Gasteiger partial charge is 0.431 e. The lowest BCUT2D eigenvalue weighted by molar-refractivity contribution is -0.132. The Labute approximate surface area is 64.3 Å². The van der Waals surface area contributed by atoms with Gasteiger partial charge < -0.3 is 10.5 Å². The molecule has 0 aliphatic carbocycles. The van der Waals surface area contributed by atoms with Crippen LogP contribution in [0.4, 0.5) is 0 Å². The Bertz CT molecular complexity index is 218. The number of rotatable bonds is 3. The Balaban J connectivity index is 4.02. The van der Waals surface area contributed by atoms with Gasteiger partial charge in [-0.2, -0.15) is 0 Å². The van der Waals surface area contributed by atoms with Gasteiger partial charge in [0.15, 0.2) is 0 Å². The van der Waals surface area contributed by atoms with Crippen LogP contribution in [0.1, 0.15) is 6.92 Å². The van der Waals surface area contributed by atoms with Crippen LogP contribution in [0.25, 0.3) is 0 Å². The summed E-state index contributed by atoms with van der Waals surface area (Å²) < 4.78 is 4.39. The lowest BCUT2D eigenvalue weighted by Gasteiger charge is -1.94. The minimum Gasteiger partial charge on any atom is -0.431 e. The van der Waals surface area contributed by atoms with Crippen LogP contribution in [-0.4, -0.2) is 11.9 Å². The molecule has 0 rings (SSSR count). The van der Waals surface area contributed by atoms with Gasteiger partial charge in [-0.1, -0.05) is 6.58 Å². The van der Waals surface area contributed by atoms with Crippen LogP contribution in [0.15, 0.2) is 24.5 Å². The molecule has 0 radical (unpaired) electrons. The number of primary amides is 1. The fourth-order valence-corrected chi connectivity index (χ4v) is 0.253. The van der Waals surface area contributed by atoms with E-state index in [1.807, 2.05) is 0 Å². The molecule has 4 nitrogen and oxygen atoms in total. The topological polar surface area (TPSA) is 69.4 Å². The van der Waals surface area contributed by atoms with Gasteiger partial charge in [-0.25, -0.2) is 4.79 Å². The molecule has 0 saturated carbocycles. The summed E-state index contributed by atoms with van der Waals surface area (Å²) in [5.74, 6) is -1.24. The molecule has 0 aromatic rings. The molecule has 0 spiro atoms. The van der Waals surface area contributed by atoms with E-state index in [0.29, 0.717) is 0 Å². The first-order valence-corrected chi connectivity index (χ1v) is 2.87. The normalized spacial score (nSPS) is 10.5. The molecule has 0 aromatic carbocycles. The van der Waals surface area contributed by atoms with Crippen LogP contribution in [0, 0.1) is 0 Å². The van der Waals surface area contributed by atoms with Crippen LogP contribution >= 0.6 is 0 Å². The molecule has 11 heavy (non-hydrogen) atoms. The molecule has 4 heteroatoms. The van der Waals surface area contributed by atoms with E-state index in [-0.39, 0.29) is 5.57 Å². The fraction of sp³-hybridized carbons (Fsp3) is 0.143. The Morgan fingerprint density at radius 2 is 2.09 bits per heavy atom. The van der Waals surface area contributed by atoms with Crippen LogP contribution in [-0.2, 0) is 14.3 Å². The predicted molar refractivity (Wildman–Crippen MR) is 39.2 cm³/mol. The van der Waals surface area contributed by atoms with E-state index in [9.17, 15) is 9.59 Å². The summed E-state index contributed by atoms with van der Waals surface area (Å²) in [6, 6.07) is 0. The quantitative estimate of drug-likeness (QED) is 0.357. The molecule has 0 bridgehead atoms. The molecule has 0 atom stereocenters. The number of hydrogen-bond donors (Lipinski definition) is 1. The SMILES string of the molecule is C=CC(=O)O/C=C(\C)C(N)=O. The summed E-state index contributed by atoms with van der Waals surface area (Å²) in [6.07, 6.45) is 1.98. The minimum atomic E-state index is -0.623. The summed E-state index contributed by atoms with van der Waals surface area (Å²) in [7, 11) is 0. The summed E-state index contributed by atoms with van der Waals surface area (Å²) in [4.78, 5) is 20.7. The lowest BCUT2D eigenvalue weighted by Crippen LogP contribution is -2.12. The average Bonchev–Trinajstić information content (AvgIpc) is 1.99. The lowest BCUT2D eigenvalue weighted by atomic mass is 10.3. The summed E-state index contributed by atoms with van der Waals surface area (Å²) >= 11 is 0. The van der Waals surface area contributed by atoms with Crippen molar-refractivity contribution in [2.45, 2.75) is 6.92 Å². The highest BCUT2D eigenvalue weighted by Gasteiger charge is 1.98. The molecular weight excluding hydrogens is 146 g/mol. The highest BCUT2D eigenvalue weighted by molar-refractivity contribution is 5.91. The predicted octanol–water partition coefficient (Wildman–Crippen LogP) is 0.105. The van der Waals surface area contributed by atoms with Crippen molar-refractivity contribution in [3.63, 3.8) is 0 Å². The van der Waals surface area contributed by atoms with Gasteiger partial charge in [0.25, 0.3) is 0 Å². The number of ether oxygens (including phenoxy) is 1. The maximum Gasteiger partial charge on any atom is 0.334 e. The molecule has 1 amide bonds. The van der Waals surface area contributed by atoms with Gasteiger partial charge in [-0.15, -0.1) is 0 Å². The first kappa shape index (κ1) is 9.42. The average molecular weight is 155 g/mol. The number of carbonyl (C=O) groups excluding carboxylic acids is 2. The van der Waals surface area contributed by atoms with Gasteiger partial charge in [-0.3, -0.25) is 4.79 Å². The van der Waals surface area contributed by atoms with Crippen molar-refractivity contribution < 1.29 is 14.3 Å². The summed E-state index contributed by atoms with van der Waals surface area (Å²) in [5, 5.41) is 0. The maximum absolute atomic E-state index is 10.4. The molecule has 2 N–H and O–H groups in total. The van der Waals surface area contributed by atoms with E-state index in [1.54, 1.807) is 0 Å². The van der Waals surface area contributed by atoms with Crippen molar-refractivity contribution in [1.82, 2.24) is 0 Å². The second-order valence-corrected chi connectivity index (χ2v) is 1.81. The third kappa shape index (κ3) is 3.91. The third-order valence-electron chi connectivity index (χ3n) is 0.907. The molecule has 0 aliphatic rings. The molecular formula is C7H9NO3. The molecule has 0 heterocycles. The number of esters is 1. The van der Waals surface area contributed by atoms with Gasteiger partial charge in [0.1, 0.15) is 6.26 Å². The Kier molecular flexibility index (Phi) is 3.66. The zero-order valence-electron chi connectivity index (χ0n) is 6.16. The molecule has 0 aliphatic heterocycles. The van der Waals surface area contributed by atoms with E-state index < -0.39 is 11.9 Å². The molecule has 60 valence electrons. The second-order valence-electron chi connectivity index (χ2n) is 1.81. The Morgan fingerprint density at radius 1 is 1.55 bits per heavy atom. The molecule has 0 saturated heterocycles. The Hall–Kier alpha value is -1.58. The van der Waals surface area contributed by atoms with Crippen LogP contribution in [0.3, 0.4) is 0 Å². The van der Waals surface area contributed by atoms with Crippen molar-refractivity contribution in [2.75, 3.05) is 0 Å². The number of carbonyl (C=O) groups is 2. The van der Waals surface area contributed by atoms with E-state index in [0.717, 1.165) is 12.3 Å². The van der Waals surface area contributed by atoms with E-state index in [2.05, 4.69) is 11.3 Å². The van der Waals surface area contributed by atoms with Gasteiger partial charge in [0.05, 0.1) is 0 Å². The van der Waals surface area contributed by atoms with Gasteiger partial charge in [0, 0.05) is 11.6 Å². The van der Waals surface area contributed by atoms with Crippen molar-refractivity contribution in [2.24, 2.45) is 5.73 Å². The number of hydrogen-bond acceptors (Lipinski definition) is 3. The number of nitrogens with two attached hydrogens (primary N) is 1. The zero-order chi connectivity index (χ0) is 8.85. The van der Waals surface area contributed by atoms with Gasteiger partial charge >= 0.3 is 5.97 Å². The van der Waals surface area contributed by atoms with Crippen molar-refractivity contribution in [1.29, 1.82) is 0 Å². The number of amides is 1. The van der Waals surface area contributed by atoms with Crippen molar-refractivity contribution >= 4 is 11.9 Å². The highest BCUT2D eigenvalue weighted by atomic mass is 16.5. The van der Waals surface area contributed by atoms with Crippen molar-refractivity contribution in [3.05, 3.63) is 24.5 Å². The smallest absolute Gasteiger partial charge is 0.334 e. The summed E-state index contributed by atoms with van der Waals surface area (Å²) in [6.45, 7) is 4.61. The fourth-order valence-electron chi connectivity index (χ4n) is 0.253. The van der Waals surface area contributed by atoms with Crippen molar-refractivity contribution in [3.8, 4) is 0 Å². The van der Waals surface area contributed by atoms with Crippen LogP contribution in [0.2, 0.25) is 0 Å². The van der Waals surface area contributed by atoms with Crippen LogP contribution in [0.5, 0.6) is 0 Å². The monoisotopic (exact) mass is 155 g/mol. The molecule has 0 fully saturated rings. The summed E-state index contributed by atoms with van der Waals surface area (Å²) in [5.41, 5.74) is 5.02. The molecule has 0 unspecified atom stereocenters. The van der Waals surface area contributed by atoms with E-state index in [4.69, 9.17) is 5.73 Å². The zero-order valence-corrected chi connectivity index (χ0v) is 6.16. The first-order valence-electron chi connectivity index (χ1n) is 2.87. The highest BCUT2D eigenvalue weighted by Crippen LogP contribution is 1.91. The minimum absolute atomic E-state index is 0.181. The maximum atomic E-state index is 10.4. The first-order chi connectivity index (χ1) is 5.07. The van der Waals surface area contributed by atoms with Gasteiger partial charge in [-0.05, 0) is 6.92 Å². The molecule has 0 aromatic heterocycles. The Morgan fingerprint density at radius 3 is 2.45 bits per heavy atom.